The molecule has 0 saturated heterocycles. The number of esters is 3. The SMILES string of the molecule is CC/C=C\C/C=C\C/C=C\C/C=C\CCCCCCC(=O)OC(CO)COP(=O)(O)OCC(COC(=O)CCCCCCCC/C=C\C/C=C\C/C=C\CCCCC)OC(=O)CCCCCCCC/C=C\C/C=C\C/C=C\CCCCC. The van der Waals surface area contributed by atoms with Crippen LogP contribution in [0.2, 0.25) is 0 Å². The Labute approximate surface area is 500 Å². The number of carbonyl (C=O) groups is 3. The molecule has 0 radical (unpaired) electrons. The molecular formula is C70H117O11P. The summed E-state index contributed by atoms with van der Waals surface area (Å²) >= 11 is 0. The van der Waals surface area contributed by atoms with E-state index in [0.29, 0.717) is 19.3 Å². The highest BCUT2D eigenvalue weighted by Gasteiger charge is 2.28. The molecular weight excluding hydrogens is 1050 g/mol. The number of allylic oxidation sites excluding steroid dienone is 20. The van der Waals surface area contributed by atoms with E-state index in [0.717, 1.165) is 154 Å². The zero-order chi connectivity index (χ0) is 59.8. The normalized spacial score (nSPS) is 14.1. The van der Waals surface area contributed by atoms with Crippen LogP contribution in [-0.2, 0) is 42.2 Å². The molecule has 0 amide bonds. The minimum Gasteiger partial charge on any atom is -0.462 e. The number of unbranched alkanes of at least 4 members (excludes halogenated alkanes) is 22. The first-order valence-corrected chi connectivity index (χ1v) is 33.9. The fourth-order valence-corrected chi connectivity index (χ4v) is 9.20. The number of carbonyl (C=O) groups excluding carboxylic acids is 3. The molecule has 3 atom stereocenters. The van der Waals surface area contributed by atoms with E-state index in [1.807, 2.05) is 0 Å². The monoisotopic (exact) mass is 1160 g/mol. The second-order valence-corrected chi connectivity index (χ2v) is 22.6. The molecule has 0 aliphatic heterocycles. The lowest BCUT2D eigenvalue weighted by Crippen LogP contribution is -2.30. The van der Waals surface area contributed by atoms with Gasteiger partial charge in [0.05, 0.1) is 19.8 Å². The minimum absolute atomic E-state index is 0.142. The van der Waals surface area contributed by atoms with Crippen LogP contribution in [0.1, 0.15) is 265 Å². The van der Waals surface area contributed by atoms with Gasteiger partial charge < -0.3 is 24.2 Å². The summed E-state index contributed by atoms with van der Waals surface area (Å²) in [4.78, 5) is 48.8. The van der Waals surface area contributed by atoms with Crippen molar-refractivity contribution in [1.82, 2.24) is 0 Å². The summed E-state index contributed by atoms with van der Waals surface area (Å²) in [5.41, 5.74) is 0. The highest BCUT2D eigenvalue weighted by molar-refractivity contribution is 7.47. The van der Waals surface area contributed by atoms with Gasteiger partial charge in [-0.15, -0.1) is 0 Å². The van der Waals surface area contributed by atoms with Crippen LogP contribution >= 0.6 is 7.82 Å². The topological polar surface area (TPSA) is 155 Å². The standard InChI is InChI=1S/C70H117O11P/c1-4-7-10-13-16-19-22-25-28-31-33-36-38-41-44-47-50-53-56-59-68(72)77-63-67(81-70(74)61-58-55-52-49-46-43-40-37-34-32-29-26-23-20-17-14-11-8-5-2)65-79-82(75,76)78-64-66(62-71)80-69(73)60-57-54-51-48-45-42-39-35-30-27-24-21-18-15-12-9-6-3/h9,12,16-21,25-30,33-34,36-37,39,42,66-67,71H,4-8,10-11,13-15,22-24,31-32,35,38,40-41,43-65H2,1-3H3,(H,75,76)/b12-9-,19-16-,20-17-,21-18-,28-25-,29-26-,30-27-,36-33-,37-34-,42-39-. The van der Waals surface area contributed by atoms with E-state index in [1.54, 1.807) is 0 Å². The molecule has 3 unspecified atom stereocenters. The van der Waals surface area contributed by atoms with Crippen LogP contribution in [-0.4, -0.2) is 66.5 Å². The molecule has 0 fully saturated rings. The van der Waals surface area contributed by atoms with Crippen molar-refractivity contribution in [2.45, 2.75) is 277 Å². The molecule has 0 bridgehead atoms. The molecule has 11 nitrogen and oxygen atoms in total. The minimum atomic E-state index is -4.78. The molecule has 0 aliphatic carbocycles. The first kappa shape index (κ1) is 77.9. The Balaban J connectivity index is 4.79. The number of phosphoric ester groups is 1. The zero-order valence-corrected chi connectivity index (χ0v) is 52.8. The quantitative estimate of drug-likeness (QED) is 0.0197. The van der Waals surface area contributed by atoms with Gasteiger partial charge in [-0.2, -0.15) is 0 Å². The highest BCUT2D eigenvalue weighted by atomic mass is 31.2. The van der Waals surface area contributed by atoms with Crippen molar-refractivity contribution < 1.29 is 52.2 Å². The van der Waals surface area contributed by atoms with Crippen LogP contribution in [0, 0.1) is 0 Å². The first-order valence-electron chi connectivity index (χ1n) is 32.4. The van der Waals surface area contributed by atoms with Gasteiger partial charge in [0.2, 0.25) is 0 Å². The van der Waals surface area contributed by atoms with Crippen LogP contribution in [0.15, 0.2) is 122 Å². The molecule has 0 aromatic carbocycles. The lowest BCUT2D eigenvalue weighted by atomic mass is 10.1. The largest absolute Gasteiger partial charge is 0.472 e. The van der Waals surface area contributed by atoms with E-state index in [9.17, 15) is 28.9 Å². The number of ether oxygens (including phenoxy) is 3. The van der Waals surface area contributed by atoms with E-state index in [4.69, 9.17) is 23.3 Å². The van der Waals surface area contributed by atoms with E-state index >= 15 is 0 Å². The van der Waals surface area contributed by atoms with Gasteiger partial charge in [-0.1, -0.05) is 232 Å². The third kappa shape index (κ3) is 60.5. The van der Waals surface area contributed by atoms with Gasteiger partial charge >= 0.3 is 25.7 Å². The summed E-state index contributed by atoms with van der Waals surface area (Å²) < 4.78 is 39.7. The average molecular weight is 1170 g/mol. The smallest absolute Gasteiger partial charge is 0.462 e. The predicted molar refractivity (Wildman–Crippen MR) is 343 cm³/mol. The molecule has 0 saturated carbocycles. The molecule has 0 rings (SSSR count). The summed E-state index contributed by atoms with van der Waals surface area (Å²) in [6.07, 6.45) is 78.5. The number of aliphatic hydroxyl groups is 1. The van der Waals surface area contributed by atoms with Gasteiger partial charge in [0, 0.05) is 19.3 Å². The molecule has 2 N–H and O–H groups in total. The van der Waals surface area contributed by atoms with Gasteiger partial charge in [-0.3, -0.25) is 23.4 Å². The molecule has 0 spiro atoms. The van der Waals surface area contributed by atoms with Crippen molar-refractivity contribution in [1.29, 1.82) is 0 Å². The maximum Gasteiger partial charge on any atom is 0.472 e. The lowest BCUT2D eigenvalue weighted by molar-refractivity contribution is -0.161. The highest BCUT2D eigenvalue weighted by Crippen LogP contribution is 2.43. The Hall–Kier alpha value is -4.12. The first-order chi connectivity index (χ1) is 40.2. The summed E-state index contributed by atoms with van der Waals surface area (Å²) in [6, 6.07) is 0. The molecule has 468 valence electrons. The summed E-state index contributed by atoms with van der Waals surface area (Å²) in [5.74, 6) is -1.52. The Morgan fingerprint density at radius 1 is 0.354 bits per heavy atom. The maximum absolute atomic E-state index is 13.0. The molecule has 82 heavy (non-hydrogen) atoms. The number of rotatable bonds is 59. The fraction of sp³-hybridized carbons (Fsp3) is 0.671. The van der Waals surface area contributed by atoms with Gasteiger partial charge in [-0.05, 0) is 135 Å². The van der Waals surface area contributed by atoms with Crippen molar-refractivity contribution in [3.05, 3.63) is 122 Å². The molecule has 12 heteroatoms. The second kappa shape index (κ2) is 62.9. The van der Waals surface area contributed by atoms with E-state index in [1.165, 1.54) is 51.4 Å². The van der Waals surface area contributed by atoms with Crippen molar-refractivity contribution in [2.75, 3.05) is 26.4 Å². The van der Waals surface area contributed by atoms with Crippen LogP contribution in [0.5, 0.6) is 0 Å². The predicted octanol–water partition coefficient (Wildman–Crippen LogP) is 19.9. The third-order valence-corrected chi connectivity index (χ3v) is 14.3. The maximum atomic E-state index is 13.0. The Morgan fingerprint density at radius 3 is 0.976 bits per heavy atom. The fourth-order valence-electron chi connectivity index (χ4n) is 8.42. The molecule has 0 aliphatic rings. The summed E-state index contributed by atoms with van der Waals surface area (Å²) in [6.45, 7) is 4.43. The van der Waals surface area contributed by atoms with Gasteiger partial charge in [0.1, 0.15) is 12.7 Å². The third-order valence-electron chi connectivity index (χ3n) is 13.3. The lowest BCUT2D eigenvalue weighted by Gasteiger charge is -2.21. The van der Waals surface area contributed by atoms with Crippen molar-refractivity contribution >= 4 is 25.7 Å². The molecule has 0 aromatic rings. The average Bonchev–Trinajstić information content (AvgIpc) is 3.49. The van der Waals surface area contributed by atoms with Crippen LogP contribution in [0.3, 0.4) is 0 Å². The zero-order valence-electron chi connectivity index (χ0n) is 51.9. The van der Waals surface area contributed by atoms with Crippen molar-refractivity contribution in [3.8, 4) is 0 Å². The van der Waals surface area contributed by atoms with E-state index < -0.39 is 57.8 Å². The van der Waals surface area contributed by atoms with E-state index in [-0.39, 0.29) is 25.9 Å². The van der Waals surface area contributed by atoms with Gasteiger partial charge in [0.25, 0.3) is 0 Å². The Kier molecular flexibility index (Phi) is 59.8. The number of phosphoric acid groups is 1. The number of aliphatic hydroxyl groups excluding tert-OH is 1. The van der Waals surface area contributed by atoms with E-state index in [2.05, 4.69) is 142 Å². The van der Waals surface area contributed by atoms with Gasteiger partial charge in [0.15, 0.2) is 6.10 Å². The summed E-state index contributed by atoms with van der Waals surface area (Å²) in [7, 11) is -4.78. The van der Waals surface area contributed by atoms with Crippen LogP contribution in [0.25, 0.3) is 0 Å². The van der Waals surface area contributed by atoms with Crippen molar-refractivity contribution in [3.63, 3.8) is 0 Å². The van der Waals surface area contributed by atoms with Crippen LogP contribution in [0.4, 0.5) is 0 Å². The Bertz CT molecular complexity index is 1840. The number of hydrogen-bond donors (Lipinski definition) is 2. The molecule has 0 aromatic heterocycles. The second-order valence-electron chi connectivity index (χ2n) is 21.2. The van der Waals surface area contributed by atoms with Gasteiger partial charge in [-0.25, -0.2) is 4.57 Å². The van der Waals surface area contributed by atoms with Crippen molar-refractivity contribution in [2.24, 2.45) is 0 Å². The van der Waals surface area contributed by atoms with Crippen LogP contribution < -0.4 is 0 Å². The Morgan fingerprint density at radius 2 is 0.634 bits per heavy atom. The number of hydrogen-bond acceptors (Lipinski definition) is 10. The summed E-state index contributed by atoms with van der Waals surface area (Å²) in [5, 5.41) is 9.86. The molecule has 0 heterocycles.